The predicted molar refractivity (Wildman–Crippen MR) is 110 cm³/mol. The molecular formula is C21H21N5O4. The van der Waals surface area contributed by atoms with Gasteiger partial charge in [0.05, 0.1) is 4.92 Å². The van der Waals surface area contributed by atoms with Crippen LogP contribution in [-0.2, 0) is 0 Å². The summed E-state index contributed by atoms with van der Waals surface area (Å²) < 4.78 is 5.50. The molecule has 1 saturated heterocycles. The molecule has 1 atom stereocenters. The van der Waals surface area contributed by atoms with E-state index in [9.17, 15) is 14.9 Å². The number of carbonyl (C=O) groups is 1. The first-order valence-electron chi connectivity index (χ1n) is 9.74. The fraction of sp³-hybridized carbons (Fsp3) is 0.286. The lowest BCUT2D eigenvalue weighted by atomic mass is 10.0. The molecule has 1 N–H and O–H groups in total. The van der Waals surface area contributed by atoms with Gasteiger partial charge in [-0.25, -0.2) is 4.79 Å². The summed E-state index contributed by atoms with van der Waals surface area (Å²) in [6.45, 7) is 2.57. The first-order chi connectivity index (χ1) is 14.5. The Kier molecular flexibility index (Phi) is 5.42. The van der Waals surface area contributed by atoms with Crippen LogP contribution in [0.4, 0.5) is 16.2 Å². The van der Waals surface area contributed by atoms with Crippen molar-refractivity contribution in [2.75, 3.05) is 11.9 Å². The summed E-state index contributed by atoms with van der Waals surface area (Å²) >= 11 is 0. The van der Waals surface area contributed by atoms with Crippen LogP contribution in [-0.4, -0.2) is 32.5 Å². The van der Waals surface area contributed by atoms with Gasteiger partial charge in [-0.15, -0.1) is 0 Å². The second-order valence-electron chi connectivity index (χ2n) is 7.26. The van der Waals surface area contributed by atoms with E-state index in [0.29, 0.717) is 23.9 Å². The van der Waals surface area contributed by atoms with Gasteiger partial charge in [0, 0.05) is 29.9 Å². The van der Waals surface area contributed by atoms with Crippen molar-refractivity contribution < 1.29 is 14.2 Å². The van der Waals surface area contributed by atoms with Gasteiger partial charge in [-0.2, -0.15) is 4.98 Å². The van der Waals surface area contributed by atoms with Crippen molar-refractivity contribution in [1.29, 1.82) is 0 Å². The van der Waals surface area contributed by atoms with E-state index in [4.69, 9.17) is 4.52 Å². The summed E-state index contributed by atoms with van der Waals surface area (Å²) in [5.74, 6) is 0.899. The largest absolute Gasteiger partial charge is 0.337 e. The fourth-order valence-corrected chi connectivity index (χ4v) is 3.48. The molecular weight excluding hydrogens is 386 g/mol. The van der Waals surface area contributed by atoms with Gasteiger partial charge in [-0.1, -0.05) is 35.0 Å². The molecule has 2 aromatic carbocycles. The highest BCUT2D eigenvalue weighted by molar-refractivity contribution is 5.89. The lowest BCUT2D eigenvalue weighted by Crippen LogP contribution is -2.41. The number of non-ortho nitro benzene ring substituents is 1. The molecule has 0 unspecified atom stereocenters. The number of aromatic nitrogens is 2. The molecule has 0 aliphatic carbocycles. The number of benzene rings is 2. The van der Waals surface area contributed by atoms with Crippen LogP contribution in [0.3, 0.4) is 0 Å². The highest BCUT2D eigenvalue weighted by Crippen LogP contribution is 2.32. The van der Waals surface area contributed by atoms with Crippen LogP contribution >= 0.6 is 0 Å². The molecule has 1 aliphatic rings. The average Bonchev–Trinajstić information content (AvgIpc) is 3.25. The van der Waals surface area contributed by atoms with Gasteiger partial charge >= 0.3 is 6.03 Å². The SMILES string of the molecule is Cc1ccc(-c2noc([C@H]3CCCCN3C(=O)Nc3ccc([N+](=O)[O-])cc3)n2)cc1. The zero-order valence-electron chi connectivity index (χ0n) is 16.4. The molecule has 2 amide bonds. The number of nitro groups is 1. The van der Waals surface area contributed by atoms with Crippen LogP contribution in [0.15, 0.2) is 53.1 Å². The van der Waals surface area contributed by atoms with Crippen molar-refractivity contribution in [2.45, 2.75) is 32.2 Å². The Morgan fingerprint density at radius 1 is 1.17 bits per heavy atom. The maximum absolute atomic E-state index is 12.9. The number of piperidine rings is 1. The van der Waals surface area contributed by atoms with E-state index in [2.05, 4.69) is 15.5 Å². The van der Waals surface area contributed by atoms with Crippen molar-refractivity contribution in [3.8, 4) is 11.4 Å². The maximum Gasteiger partial charge on any atom is 0.322 e. The molecule has 9 nitrogen and oxygen atoms in total. The predicted octanol–water partition coefficient (Wildman–Crippen LogP) is 4.71. The first kappa shape index (κ1) is 19.6. The summed E-state index contributed by atoms with van der Waals surface area (Å²) in [5.41, 5.74) is 2.45. The first-order valence-corrected chi connectivity index (χ1v) is 9.74. The third-order valence-electron chi connectivity index (χ3n) is 5.13. The number of aryl methyl sites for hydroxylation is 1. The van der Waals surface area contributed by atoms with E-state index in [1.807, 2.05) is 31.2 Å². The number of nitrogens with zero attached hydrogens (tertiary/aromatic N) is 4. The van der Waals surface area contributed by atoms with Gasteiger partial charge in [0.15, 0.2) is 0 Å². The van der Waals surface area contributed by atoms with Crippen molar-refractivity contribution in [3.05, 3.63) is 70.1 Å². The third-order valence-corrected chi connectivity index (χ3v) is 5.13. The minimum absolute atomic E-state index is 0.0293. The van der Waals surface area contributed by atoms with Gasteiger partial charge in [-0.05, 0) is 38.3 Å². The van der Waals surface area contributed by atoms with Gasteiger partial charge in [-0.3, -0.25) is 10.1 Å². The van der Waals surface area contributed by atoms with E-state index in [0.717, 1.165) is 30.4 Å². The standard InChI is InChI=1S/C21H21N5O4/c1-14-5-7-15(8-6-14)19-23-20(30-24-19)18-4-2-3-13-25(18)21(27)22-16-9-11-17(12-10-16)26(28)29/h5-12,18H,2-4,13H2,1H3,(H,22,27)/t18-/m1/s1. The highest BCUT2D eigenvalue weighted by Gasteiger charge is 2.32. The second kappa shape index (κ2) is 8.32. The van der Waals surface area contributed by atoms with Gasteiger partial charge in [0.1, 0.15) is 6.04 Å². The molecule has 0 spiro atoms. The molecule has 0 radical (unpaired) electrons. The maximum atomic E-state index is 12.9. The number of rotatable bonds is 4. The topological polar surface area (TPSA) is 114 Å². The van der Waals surface area contributed by atoms with E-state index >= 15 is 0 Å². The summed E-state index contributed by atoms with van der Waals surface area (Å²) in [4.78, 5) is 29.4. The van der Waals surface area contributed by atoms with Gasteiger partial charge in [0.25, 0.3) is 5.69 Å². The Bertz CT molecular complexity index is 1050. The number of amides is 2. The third kappa shape index (κ3) is 4.14. The summed E-state index contributed by atoms with van der Waals surface area (Å²) in [6, 6.07) is 12.9. The van der Waals surface area contributed by atoms with Gasteiger partial charge < -0.3 is 14.7 Å². The minimum atomic E-state index is -0.479. The summed E-state index contributed by atoms with van der Waals surface area (Å²) in [5, 5.41) is 17.7. The van der Waals surface area contributed by atoms with Crippen LogP contribution in [0.1, 0.15) is 36.8 Å². The van der Waals surface area contributed by atoms with Crippen LogP contribution in [0.2, 0.25) is 0 Å². The minimum Gasteiger partial charge on any atom is -0.337 e. The summed E-state index contributed by atoms with van der Waals surface area (Å²) in [6.07, 6.45) is 2.56. The van der Waals surface area contributed by atoms with Crippen LogP contribution in [0.5, 0.6) is 0 Å². The molecule has 3 aromatic rings. The number of hydrogen-bond donors (Lipinski definition) is 1. The lowest BCUT2D eigenvalue weighted by molar-refractivity contribution is -0.384. The number of hydrogen-bond acceptors (Lipinski definition) is 6. The molecule has 2 heterocycles. The van der Waals surface area contributed by atoms with Crippen molar-refractivity contribution in [1.82, 2.24) is 15.0 Å². The molecule has 4 rings (SSSR count). The molecule has 154 valence electrons. The van der Waals surface area contributed by atoms with Crippen LogP contribution < -0.4 is 5.32 Å². The Hall–Kier alpha value is -3.75. The van der Waals surface area contributed by atoms with E-state index < -0.39 is 4.92 Å². The normalized spacial score (nSPS) is 16.3. The molecule has 1 aliphatic heterocycles. The molecule has 30 heavy (non-hydrogen) atoms. The Morgan fingerprint density at radius 3 is 2.60 bits per heavy atom. The molecule has 0 bridgehead atoms. The van der Waals surface area contributed by atoms with E-state index in [1.54, 1.807) is 4.90 Å². The number of likely N-dealkylation sites (tertiary alicyclic amines) is 1. The Balaban J connectivity index is 1.50. The number of urea groups is 1. The van der Waals surface area contributed by atoms with Crippen molar-refractivity contribution >= 4 is 17.4 Å². The number of nitro benzene ring substituents is 1. The highest BCUT2D eigenvalue weighted by atomic mass is 16.6. The molecule has 1 aromatic heterocycles. The van der Waals surface area contributed by atoms with Gasteiger partial charge in [0.2, 0.25) is 11.7 Å². The van der Waals surface area contributed by atoms with Crippen molar-refractivity contribution in [2.24, 2.45) is 0 Å². The molecule has 9 heteroatoms. The van der Waals surface area contributed by atoms with E-state index in [1.165, 1.54) is 24.3 Å². The smallest absolute Gasteiger partial charge is 0.322 e. The monoisotopic (exact) mass is 407 g/mol. The fourth-order valence-electron chi connectivity index (χ4n) is 3.48. The zero-order valence-corrected chi connectivity index (χ0v) is 16.4. The molecule has 0 saturated carbocycles. The van der Waals surface area contributed by atoms with Crippen LogP contribution in [0.25, 0.3) is 11.4 Å². The Morgan fingerprint density at radius 2 is 1.90 bits per heavy atom. The average molecular weight is 407 g/mol. The lowest BCUT2D eigenvalue weighted by Gasteiger charge is -2.33. The molecule has 1 fully saturated rings. The van der Waals surface area contributed by atoms with Crippen molar-refractivity contribution in [3.63, 3.8) is 0 Å². The number of anilines is 1. The number of carbonyl (C=O) groups excluding carboxylic acids is 1. The Labute approximate surface area is 172 Å². The van der Waals surface area contributed by atoms with Crippen LogP contribution in [0, 0.1) is 17.0 Å². The van der Waals surface area contributed by atoms with E-state index in [-0.39, 0.29) is 17.8 Å². The summed E-state index contributed by atoms with van der Waals surface area (Å²) in [7, 11) is 0. The second-order valence-corrected chi connectivity index (χ2v) is 7.26. The quantitative estimate of drug-likeness (QED) is 0.495. The number of nitrogens with one attached hydrogen (secondary N) is 1. The zero-order chi connectivity index (χ0) is 21.1.